The van der Waals surface area contributed by atoms with Crippen molar-refractivity contribution in [2.24, 2.45) is 0 Å². The van der Waals surface area contributed by atoms with Gasteiger partial charge in [0.25, 0.3) is 0 Å². The standard InChI is InChI=1S/C19H23FN2O2S/c1-14-4-9-19(15(2)12-14)25(23,24)22-11-10-21(3)18(13-22)16-5-7-17(20)8-6-16/h4-9,12,18H,10-11,13H2,1-3H3. The summed E-state index contributed by atoms with van der Waals surface area (Å²) in [6, 6.07) is 11.6. The Kier molecular flexibility index (Phi) is 4.95. The number of nitrogens with zero attached hydrogens (tertiary/aromatic N) is 2. The molecular weight excluding hydrogens is 339 g/mol. The third-order valence-corrected chi connectivity index (χ3v) is 6.84. The predicted octanol–water partition coefficient (Wildman–Crippen LogP) is 3.12. The number of halogens is 1. The molecule has 1 aliphatic heterocycles. The van der Waals surface area contributed by atoms with Gasteiger partial charge in [0.05, 0.1) is 4.90 Å². The first-order valence-electron chi connectivity index (χ1n) is 8.32. The van der Waals surface area contributed by atoms with E-state index >= 15 is 0 Å². The van der Waals surface area contributed by atoms with Crippen LogP contribution < -0.4 is 0 Å². The smallest absolute Gasteiger partial charge is 0.243 e. The van der Waals surface area contributed by atoms with Crippen LogP contribution in [0.1, 0.15) is 22.7 Å². The first kappa shape index (κ1) is 18.0. The molecule has 2 aromatic rings. The monoisotopic (exact) mass is 362 g/mol. The number of aryl methyl sites for hydroxylation is 2. The quantitative estimate of drug-likeness (QED) is 0.842. The van der Waals surface area contributed by atoms with Crippen LogP contribution in [0.5, 0.6) is 0 Å². The van der Waals surface area contributed by atoms with Gasteiger partial charge in [0.1, 0.15) is 5.82 Å². The molecule has 6 heteroatoms. The van der Waals surface area contributed by atoms with Gasteiger partial charge in [0.15, 0.2) is 0 Å². The van der Waals surface area contributed by atoms with Crippen LogP contribution in [0.3, 0.4) is 0 Å². The molecule has 4 nitrogen and oxygen atoms in total. The number of sulfonamides is 1. The maximum atomic E-state index is 13.2. The molecule has 1 atom stereocenters. The van der Waals surface area contributed by atoms with E-state index in [0.717, 1.165) is 16.7 Å². The Bertz CT molecular complexity index is 865. The zero-order chi connectivity index (χ0) is 18.2. The Morgan fingerprint density at radius 2 is 1.72 bits per heavy atom. The number of piperazine rings is 1. The summed E-state index contributed by atoms with van der Waals surface area (Å²) >= 11 is 0. The molecule has 0 aromatic heterocycles. The average Bonchev–Trinajstić information content (AvgIpc) is 2.55. The van der Waals surface area contributed by atoms with E-state index in [2.05, 4.69) is 4.90 Å². The van der Waals surface area contributed by atoms with Crippen LogP contribution in [0.4, 0.5) is 4.39 Å². The van der Waals surface area contributed by atoms with Gasteiger partial charge in [-0.25, -0.2) is 12.8 Å². The molecule has 0 spiro atoms. The van der Waals surface area contributed by atoms with Gasteiger partial charge in [-0.15, -0.1) is 0 Å². The summed E-state index contributed by atoms with van der Waals surface area (Å²) in [6.45, 7) is 5.21. The van der Waals surface area contributed by atoms with E-state index in [1.807, 2.05) is 33.0 Å². The number of benzene rings is 2. The van der Waals surface area contributed by atoms with E-state index < -0.39 is 10.0 Å². The molecule has 1 unspecified atom stereocenters. The fourth-order valence-corrected chi connectivity index (χ4v) is 4.98. The van der Waals surface area contributed by atoms with Gasteiger partial charge >= 0.3 is 0 Å². The highest BCUT2D eigenvalue weighted by Crippen LogP contribution is 2.29. The van der Waals surface area contributed by atoms with Crippen molar-refractivity contribution >= 4 is 10.0 Å². The Balaban J connectivity index is 1.90. The summed E-state index contributed by atoms with van der Waals surface area (Å²) in [5.74, 6) is -0.290. The van der Waals surface area contributed by atoms with Crippen molar-refractivity contribution in [3.8, 4) is 0 Å². The maximum Gasteiger partial charge on any atom is 0.243 e. The number of hydrogen-bond donors (Lipinski definition) is 0. The summed E-state index contributed by atoms with van der Waals surface area (Å²) in [5, 5.41) is 0. The lowest BCUT2D eigenvalue weighted by atomic mass is 10.0. The average molecular weight is 362 g/mol. The zero-order valence-corrected chi connectivity index (χ0v) is 15.6. The van der Waals surface area contributed by atoms with Crippen molar-refractivity contribution in [2.45, 2.75) is 24.8 Å². The summed E-state index contributed by atoms with van der Waals surface area (Å²) in [6.07, 6.45) is 0. The first-order chi connectivity index (χ1) is 11.8. The normalized spacial score (nSPS) is 19.9. The van der Waals surface area contributed by atoms with Crippen molar-refractivity contribution in [1.29, 1.82) is 0 Å². The Hall–Kier alpha value is -1.76. The Labute approximate surface area is 148 Å². The van der Waals surface area contributed by atoms with E-state index in [0.29, 0.717) is 24.5 Å². The number of likely N-dealkylation sites (N-methyl/N-ethyl adjacent to an activating group) is 1. The maximum absolute atomic E-state index is 13.2. The summed E-state index contributed by atoms with van der Waals surface area (Å²) in [5.41, 5.74) is 2.72. The van der Waals surface area contributed by atoms with Gasteiger partial charge < -0.3 is 0 Å². The highest BCUT2D eigenvalue weighted by molar-refractivity contribution is 7.89. The molecule has 0 N–H and O–H groups in total. The minimum absolute atomic E-state index is 0.0881. The van der Waals surface area contributed by atoms with Crippen LogP contribution in [-0.4, -0.2) is 44.3 Å². The second-order valence-electron chi connectivity index (χ2n) is 6.68. The van der Waals surface area contributed by atoms with Gasteiger partial charge in [-0.3, -0.25) is 4.90 Å². The largest absolute Gasteiger partial charge is 0.297 e. The molecule has 0 radical (unpaired) electrons. The lowest BCUT2D eigenvalue weighted by Gasteiger charge is -2.39. The molecule has 1 fully saturated rings. The van der Waals surface area contributed by atoms with Crippen LogP contribution in [0, 0.1) is 19.7 Å². The number of hydrogen-bond acceptors (Lipinski definition) is 3. The lowest BCUT2D eigenvalue weighted by Crippen LogP contribution is -2.49. The van der Waals surface area contributed by atoms with Crippen molar-refractivity contribution in [3.05, 3.63) is 65.0 Å². The van der Waals surface area contributed by atoms with E-state index in [4.69, 9.17) is 0 Å². The van der Waals surface area contributed by atoms with Crippen LogP contribution in [0.15, 0.2) is 47.4 Å². The van der Waals surface area contributed by atoms with Crippen molar-refractivity contribution < 1.29 is 12.8 Å². The van der Waals surface area contributed by atoms with Crippen molar-refractivity contribution in [1.82, 2.24) is 9.21 Å². The highest BCUT2D eigenvalue weighted by Gasteiger charge is 2.34. The molecule has 1 heterocycles. The minimum atomic E-state index is -3.55. The van der Waals surface area contributed by atoms with E-state index in [1.165, 1.54) is 12.1 Å². The lowest BCUT2D eigenvalue weighted by molar-refractivity contribution is 0.148. The van der Waals surface area contributed by atoms with Crippen LogP contribution >= 0.6 is 0 Å². The Morgan fingerprint density at radius 1 is 1.04 bits per heavy atom. The molecule has 0 aliphatic carbocycles. The van der Waals surface area contributed by atoms with E-state index in [9.17, 15) is 12.8 Å². The molecular formula is C19H23FN2O2S. The third kappa shape index (κ3) is 3.61. The van der Waals surface area contributed by atoms with Crippen molar-refractivity contribution in [3.63, 3.8) is 0 Å². The fourth-order valence-electron chi connectivity index (χ4n) is 3.34. The third-order valence-electron chi connectivity index (χ3n) is 4.81. The highest BCUT2D eigenvalue weighted by atomic mass is 32.2. The van der Waals surface area contributed by atoms with E-state index in [-0.39, 0.29) is 11.9 Å². The van der Waals surface area contributed by atoms with Gasteiger partial charge in [-0.2, -0.15) is 4.31 Å². The SMILES string of the molecule is Cc1ccc(S(=O)(=O)N2CCN(C)C(c3ccc(F)cc3)C2)c(C)c1. The van der Waals surface area contributed by atoms with E-state index in [1.54, 1.807) is 22.5 Å². The second-order valence-corrected chi connectivity index (χ2v) is 8.59. The fraction of sp³-hybridized carbons (Fsp3) is 0.368. The molecule has 2 aromatic carbocycles. The summed E-state index contributed by atoms with van der Waals surface area (Å²) < 4.78 is 40.9. The topological polar surface area (TPSA) is 40.6 Å². The second kappa shape index (κ2) is 6.86. The number of rotatable bonds is 3. The summed E-state index contributed by atoms with van der Waals surface area (Å²) in [7, 11) is -1.58. The molecule has 0 amide bonds. The Morgan fingerprint density at radius 3 is 2.36 bits per heavy atom. The van der Waals surface area contributed by atoms with Crippen molar-refractivity contribution in [2.75, 3.05) is 26.7 Å². The first-order valence-corrected chi connectivity index (χ1v) is 9.76. The van der Waals surface area contributed by atoms with Crippen LogP contribution in [0.2, 0.25) is 0 Å². The molecule has 3 rings (SSSR count). The molecule has 1 saturated heterocycles. The predicted molar refractivity (Wildman–Crippen MR) is 96.4 cm³/mol. The minimum Gasteiger partial charge on any atom is -0.297 e. The molecule has 0 bridgehead atoms. The molecule has 1 aliphatic rings. The van der Waals surface area contributed by atoms with Gasteiger partial charge in [-0.1, -0.05) is 29.8 Å². The van der Waals surface area contributed by atoms with Crippen LogP contribution in [0.25, 0.3) is 0 Å². The molecule has 0 saturated carbocycles. The van der Waals surface area contributed by atoms with Crippen LogP contribution in [-0.2, 0) is 10.0 Å². The molecule has 25 heavy (non-hydrogen) atoms. The van der Waals surface area contributed by atoms with Gasteiger partial charge in [0.2, 0.25) is 10.0 Å². The summed E-state index contributed by atoms with van der Waals surface area (Å²) in [4.78, 5) is 2.47. The molecule has 134 valence electrons. The van der Waals surface area contributed by atoms with Gasteiger partial charge in [0, 0.05) is 25.7 Å². The zero-order valence-electron chi connectivity index (χ0n) is 14.7. The van der Waals surface area contributed by atoms with Gasteiger partial charge in [-0.05, 0) is 50.2 Å².